The normalized spacial score (nSPS) is 10.7. The van der Waals surface area contributed by atoms with Gasteiger partial charge in [0.1, 0.15) is 0 Å². The molecule has 2 heterocycles. The second-order valence-electron chi connectivity index (χ2n) is 2.71. The molecule has 0 fully saturated rings. The summed E-state index contributed by atoms with van der Waals surface area (Å²) < 4.78 is 5.59. The van der Waals surface area contributed by atoms with E-state index in [-0.39, 0.29) is 16.1 Å². The van der Waals surface area contributed by atoms with Crippen molar-refractivity contribution in [1.29, 1.82) is 0 Å². The SMILES string of the molecule is Cn1c(=O)oc(=O)c2ccnc(Cl)c21. The number of rotatable bonds is 0. The van der Waals surface area contributed by atoms with Crippen molar-refractivity contribution < 1.29 is 4.42 Å². The summed E-state index contributed by atoms with van der Waals surface area (Å²) >= 11 is 5.75. The third-order valence-electron chi connectivity index (χ3n) is 1.89. The first-order chi connectivity index (χ1) is 6.61. The Morgan fingerprint density at radius 3 is 2.93 bits per heavy atom. The van der Waals surface area contributed by atoms with E-state index in [4.69, 9.17) is 11.6 Å². The molecule has 0 saturated carbocycles. The van der Waals surface area contributed by atoms with Crippen LogP contribution in [0.4, 0.5) is 0 Å². The molecule has 0 aliphatic rings. The molecule has 0 aliphatic heterocycles. The molecule has 2 aromatic rings. The summed E-state index contributed by atoms with van der Waals surface area (Å²) in [7, 11) is 1.46. The predicted molar refractivity (Wildman–Crippen MR) is 50.5 cm³/mol. The van der Waals surface area contributed by atoms with Crippen molar-refractivity contribution >= 4 is 22.5 Å². The van der Waals surface area contributed by atoms with Crippen molar-refractivity contribution in [2.75, 3.05) is 0 Å². The molecule has 6 heteroatoms. The number of hydrogen-bond acceptors (Lipinski definition) is 4. The van der Waals surface area contributed by atoms with Gasteiger partial charge in [-0.05, 0) is 6.07 Å². The summed E-state index contributed by atoms with van der Waals surface area (Å²) in [4.78, 5) is 26.1. The highest BCUT2D eigenvalue weighted by Crippen LogP contribution is 2.15. The second kappa shape index (κ2) is 2.95. The van der Waals surface area contributed by atoms with Crippen LogP contribution in [0.3, 0.4) is 0 Å². The van der Waals surface area contributed by atoms with E-state index < -0.39 is 11.4 Å². The molecule has 0 amide bonds. The lowest BCUT2D eigenvalue weighted by molar-refractivity contribution is 0.432. The molecule has 0 saturated heterocycles. The number of aromatic nitrogens is 2. The number of hydrogen-bond donors (Lipinski definition) is 0. The Morgan fingerprint density at radius 2 is 2.21 bits per heavy atom. The molecule has 2 aromatic heterocycles. The Bertz CT molecular complexity index is 614. The molecule has 14 heavy (non-hydrogen) atoms. The largest absolute Gasteiger partial charge is 0.422 e. The summed E-state index contributed by atoms with van der Waals surface area (Å²) in [6.07, 6.45) is 1.38. The molecule has 0 radical (unpaired) electrons. The average molecular weight is 213 g/mol. The number of fused-ring (bicyclic) bond motifs is 1. The summed E-state index contributed by atoms with van der Waals surface area (Å²) in [5, 5.41) is 0.349. The maximum absolute atomic E-state index is 11.2. The molecule has 0 unspecified atom stereocenters. The Labute approximate surface area is 82.6 Å². The van der Waals surface area contributed by atoms with Crippen molar-refractivity contribution in [2.45, 2.75) is 0 Å². The van der Waals surface area contributed by atoms with Gasteiger partial charge in [0, 0.05) is 13.2 Å². The van der Waals surface area contributed by atoms with Crippen LogP contribution in [0.25, 0.3) is 10.9 Å². The Kier molecular flexibility index (Phi) is 1.89. The maximum atomic E-state index is 11.2. The first kappa shape index (κ1) is 8.96. The third-order valence-corrected chi connectivity index (χ3v) is 2.17. The fourth-order valence-corrected chi connectivity index (χ4v) is 1.49. The number of aryl methyl sites for hydroxylation is 1. The van der Waals surface area contributed by atoms with Gasteiger partial charge in [-0.2, -0.15) is 0 Å². The number of nitrogens with zero attached hydrogens (tertiary/aromatic N) is 2. The Hall–Kier alpha value is -1.62. The van der Waals surface area contributed by atoms with Gasteiger partial charge in [0.05, 0.1) is 10.9 Å². The molecular formula is C8H5ClN2O3. The van der Waals surface area contributed by atoms with Gasteiger partial charge in [0.15, 0.2) is 5.15 Å². The van der Waals surface area contributed by atoms with Crippen molar-refractivity contribution in [2.24, 2.45) is 7.05 Å². The fourth-order valence-electron chi connectivity index (χ4n) is 1.21. The standard InChI is InChI=1S/C8H5ClN2O3/c1-11-5-4(2-3-10-6(5)9)7(12)14-8(11)13/h2-3H,1H3. The summed E-state index contributed by atoms with van der Waals surface area (Å²) in [5.74, 6) is -0.752. The highest BCUT2D eigenvalue weighted by molar-refractivity contribution is 6.33. The molecule has 0 aromatic carbocycles. The van der Waals surface area contributed by atoms with E-state index in [0.29, 0.717) is 0 Å². The van der Waals surface area contributed by atoms with Crippen molar-refractivity contribution in [3.63, 3.8) is 0 Å². The van der Waals surface area contributed by atoms with Crippen molar-refractivity contribution in [1.82, 2.24) is 9.55 Å². The van der Waals surface area contributed by atoms with Crippen molar-refractivity contribution in [3.05, 3.63) is 38.4 Å². The fraction of sp³-hybridized carbons (Fsp3) is 0.125. The second-order valence-corrected chi connectivity index (χ2v) is 3.07. The van der Waals surface area contributed by atoms with E-state index in [1.165, 1.54) is 19.3 Å². The van der Waals surface area contributed by atoms with Gasteiger partial charge in [-0.3, -0.25) is 4.57 Å². The topological polar surface area (TPSA) is 65.1 Å². The summed E-state index contributed by atoms with van der Waals surface area (Å²) in [6, 6.07) is 1.45. The molecule has 0 atom stereocenters. The minimum Gasteiger partial charge on any atom is -0.372 e. The van der Waals surface area contributed by atoms with Gasteiger partial charge < -0.3 is 4.42 Å². The van der Waals surface area contributed by atoms with Gasteiger partial charge in [-0.15, -0.1) is 0 Å². The molecule has 0 bridgehead atoms. The zero-order valence-electron chi connectivity index (χ0n) is 7.15. The lowest BCUT2D eigenvalue weighted by Gasteiger charge is -2.02. The summed E-state index contributed by atoms with van der Waals surface area (Å²) in [5.41, 5.74) is -0.414. The van der Waals surface area contributed by atoms with Crippen LogP contribution in [0.1, 0.15) is 0 Å². The van der Waals surface area contributed by atoms with Gasteiger partial charge in [0.2, 0.25) is 0 Å². The number of halogens is 1. The molecular weight excluding hydrogens is 208 g/mol. The Morgan fingerprint density at radius 1 is 1.50 bits per heavy atom. The first-order valence-electron chi connectivity index (χ1n) is 3.75. The van der Waals surface area contributed by atoms with Crippen LogP contribution in [-0.2, 0) is 7.05 Å². The van der Waals surface area contributed by atoms with E-state index >= 15 is 0 Å². The number of pyridine rings is 1. The smallest absolute Gasteiger partial charge is 0.372 e. The molecule has 72 valence electrons. The van der Waals surface area contributed by atoms with Crippen LogP contribution in [0.15, 0.2) is 26.3 Å². The molecule has 0 N–H and O–H groups in total. The van der Waals surface area contributed by atoms with Crippen LogP contribution >= 0.6 is 11.6 Å². The zero-order chi connectivity index (χ0) is 10.3. The molecule has 2 rings (SSSR count). The van der Waals surface area contributed by atoms with Crippen LogP contribution < -0.4 is 11.4 Å². The quantitative estimate of drug-likeness (QED) is 0.598. The van der Waals surface area contributed by atoms with Gasteiger partial charge in [-0.25, -0.2) is 14.6 Å². The van der Waals surface area contributed by atoms with Gasteiger partial charge in [0.25, 0.3) is 0 Å². The van der Waals surface area contributed by atoms with Crippen LogP contribution in [0.2, 0.25) is 5.15 Å². The zero-order valence-corrected chi connectivity index (χ0v) is 7.91. The monoisotopic (exact) mass is 212 g/mol. The first-order valence-corrected chi connectivity index (χ1v) is 4.13. The molecule has 0 aliphatic carbocycles. The predicted octanol–water partition coefficient (Wildman–Crippen LogP) is 0.540. The molecule has 0 spiro atoms. The highest BCUT2D eigenvalue weighted by Gasteiger charge is 2.09. The van der Waals surface area contributed by atoms with E-state index in [1.807, 2.05) is 0 Å². The van der Waals surface area contributed by atoms with Crippen molar-refractivity contribution in [3.8, 4) is 0 Å². The van der Waals surface area contributed by atoms with Gasteiger partial charge >= 0.3 is 11.4 Å². The lowest BCUT2D eigenvalue weighted by Crippen LogP contribution is -2.22. The Balaban J connectivity index is 3.19. The molecule has 5 nitrogen and oxygen atoms in total. The average Bonchev–Trinajstić information content (AvgIpc) is 2.14. The third kappa shape index (κ3) is 1.13. The van der Waals surface area contributed by atoms with E-state index in [9.17, 15) is 9.59 Å². The van der Waals surface area contributed by atoms with Crippen LogP contribution in [0.5, 0.6) is 0 Å². The van der Waals surface area contributed by atoms with E-state index in [1.54, 1.807) is 0 Å². The van der Waals surface area contributed by atoms with E-state index in [0.717, 1.165) is 4.57 Å². The maximum Gasteiger partial charge on any atom is 0.422 e. The minimum absolute atomic E-state index is 0.106. The van der Waals surface area contributed by atoms with Crippen LogP contribution in [0, 0.1) is 0 Å². The van der Waals surface area contributed by atoms with Gasteiger partial charge in [-0.1, -0.05) is 11.6 Å². The van der Waals surface area contributed by atoms with E-state index in [2.05, 4.69) is 9.40 Å². The lowest BCUT2D eigenvalue weighted by atomic mass is 10.3. The summed E-state index contributed by atoms with van der Waals surface area (Å²) in [6.45, 7) is 0. The van der Waals surface area contributed by atoms with Crippen LogP contribution in [-0.4, -0.2) is 9.55 Å². The highest BCUT2D eigenvalue weighted by atomic mass is 35.5. The minimum atomic E-state index is -0.752.